The zero-order chi connectivity index (χ0) is 19.0. The zero-order valence-electron chi connectivity index (χ0n) is 15.7. The van der Waals surface area contributed by atoms with Crippen molar-refractivity contribution in [1.82, 2.24) is 15.3 Å². The standard InChI is InChI=1S/C19H23N3O5/c1-24-15-7-12-13(8-16(15)25-2)21-17(10-4-5-10)22-18(12)27-11-6-14(20-9-11)19(23)26-3/h7-8,10-11,14,20H,4-6,9H2,1-3H3/t11?,14-/m0/s1. The largest absolute Gasteiger partial charge is 0.493 e. The van der Waals surface area contributed by atoms with Crippen LogP contribution in [0, 0.1) is 0 Å². The van der Waals surface area contributed by atoms with Gasteiger partial charge in [0.25, 0.3) is 0 Å². The first-order valence-electron chi connectivity index (χ1n) is 9.04. The third-order valence-corrected chi connectivity index (χ3v) is 4.98. The van der Waals surface area contributed by atoms with Gasteiger partial charge in [-0.3, -0.25) is 4.79 Å². The van der Waals surface area contributed by atoms with E-state index in [1.807, 2.05) is 12.1 Å². The second kappa shape index (κ2) is 7.19. The molecule has 0 bridgehead atoms. The van der Waals surface area contributed by atoms with Gasteiger partial charge in [0.15, 0.2) is 11.5 Å². The van der Waals surface area contributed by atoms with Gasteiger partial charge in [0.2, 0.25) is 5.88 Å². The van der Waals surface area contributed by atoms with Crippen LogP contribution in [-0.4, -0.2) is 56.0 Å². The molecule has 0 radical (unpaired) electrons. The summed E-state index contributed by atoms with van der Waals surface area (Å²) in [6.07, 6.45) is 2.54. The molecule has 2 heterocycles. The van der Waals surface area contributed by atoms with Crippen molar-refractivity contribution in [3.05, 3.63) is 18.0 Å². The maximum atomic E-state index is 11.7. The van der Waals surface area contributed by atoms with Crippen LogP contribution in [0.3, 0.4) is 0 Å². The minimum absolute atomic E-state index is 0.174. The molecule has 2 aromatic rings. The van der Waals surface area contributed by atoms with Crippen LogP contribution in [0.5, 0.6) is 17.4 Å². The predicted octanol–water partition coefficient (Wildman–Crippen LogP) is 1.81. The molecule has 1 N–H and O–H groups in total. The van der Waals surface area contributed by atoms with Gasteiger partial charge in [-0.2, -0.15) is 4.98 Å². The number of nitrogens with zero attached hydrogens (tertiary/aromatic N) is 2. The number of hydrogen-bond acceptors (Lipinski definition) is 8. The lowest BCUT2D eigenvalue weighted by molar-refractivity contribution is -0.142. The average Bonchev–Trinajstić information content (AvgIpc) is 3.45. The van der Waals surface area contributed by atoms with Crippen molar-refractivity contribution in [1.29, 1.82) is 0 Å². The first-order chi connectivity index (χ1) is 13.1. The van der Waals surface area contributed by atoms with Gasteiger partial charge in [-0.1, -0.05) is 0 Å². The molecule has 144 valence electrons. The molecule has 1 aromatic carbocycles. The van der Waals surface area contributed by atoms with E-state index in [1.165, 1.54) is 7.11 Å². The van der Waals surface area contributed by atoms with E-state index >= 15 is 0 Å². The number of benzene rings is 1. The fourth-order valence-electron chi connectivity index (χ4n) is 3.33. The summed E-state index contributed by atoms with van der Waals surface area (Å²) in [7, 11) is 4.57. The molecule has 2 aliphatic rings. The van der Waals surface area contributed by atoms with Gasteiger partial charge < -0.3 is 24.3 Å². The molecule has 0 spiro atoms. The summed E-state index contributed by atoms with van der Waals surface area (Å²) in [6.45, 7) is 0.553. The Morgan fingerprint density at radius 1 is 1.11 bits per heavy atom. The molecule has 0 amide bonds. The van der Waals surface area contributed by atoms with Crippen molar-refractivity contribution >= 4 is 16.9 Å². The molecular formula is C19H23N3O5. The Bertz CT molecular complexity index is 868. The van der Waals surface area contributed by atoms with Gasteiger partial charge in [0.05, 0.1) is 32.2 Å². The number of methoxy groups -OCH3 is 3. The van der Waals surface area contributed by atoms with Crippen LogP contribution in [0.1, 0.15) is 31.0 Å². The third kappa shape index (κ3) is 3.49. The molecule has 2 atom stereocenters. The van der Waals surface area contributed by atoms with Gasteiger partial charge in [0.1, 0.15) is 18.0 Å². The first kappa shape index (κ1) is 17.8. The summed E-state index contributed by atoms with van der Waals surface area (Å²) in [6, 6.07) is 3.32. The maximum absolute atomic E-state index is 11.7. The number of esters is 1. The highest BCUT2D eigenvalue weighted by atomic mass is 16.5. The highest BCUT2D eigenvalue weighted by Crippen LogP contribution is 2.41. The van der Waals surface area contributed by atoms with E-state index in [9.17, 15) is 4.79 Å². The van der Waals surface area contributed by atoms with E-state index < -0.39 is 0 Å². The summed E-state index contributed by atoms with van der Waals surface area (Å²) in [5, 5.41) is 3.89. The summed E-state index contributed by atoms with van der Waals surface area (Å²) < 4.78 is 21.8. The van der Waals surface area contributed by atoms with Crippen LogP contribution in [0.4, 0.5) is 0 Å². The van der Waals surface area contributed by atoms with Gasteiger partial charge >= 0.3 is 5.97 Å². The molecule has 1 unspecified atom stereocenters. The van der Waals surface area contributed by atoms with Crippen LogP contribution >= 0.6 is 0 Å². The molecule has 1 aliphatic carbocycles. The topological polar surface area (TPSA) is 91.8 Å². The molecule has 1 aromatic heterocycles. The number of hydrogen-bond donors (Lipinski definition) is 1. The number of aromatic nitrogens is 2. The van der Waals surface area contributed by atoms with E-state index in [-0.39, 0.29) is 18.1 Å². The maximum Gasteiger partial charge on any atom is 0.323 e. The monoisotopic (exact) mass is 373 g/mol. The summed E-state index contributed by atoms with van der Waals surface area (Å²) in [5.41, 5.74) is 0.759. The van der Waals surface area contributed by atoms with Crippen LogP contribution < -0.4 is 19.5 Å². The fraction of sp³-hybridized carbons (Fsp3) is 0.526. The Labute approximate surface area is 157 Å². The van der Waals surface area contributed by atoms with E-state index in [0.717, 1.165) is 29.6 Å². The fourth-order valence-corrected chi connectivity index (χ4v) is 3.33. The Morgan fingerprint density at radius 3 is 2.52 bits per heavy atom. The van der Waals surface area contributed by atoms with Crippen molar-refractivity contribution in [2.75, 3.05) is 27.9 Å². The van der Waals surface area contributed by atoms with Crippen molar-refractivity contribution in [2.24, 2.45) is 0 Å². The number of ether oxygens (including phenoxy) is 4. The first-order valence-corrected chi connectivity index (χ1v) is 9.04. The van der Waals surface area contributed by atoms with E-state index in [4.69, 9.17) is 23.9 Å². The minimum atomic E-state index is -0.356. The lowest BCUT2D eigenvalue weighted by atomic mass is 10.2. The van der Waals surface area contributed by atoms with Crippen molar-refractivity contribution < 1.29 is 23.7 Å². The quantitative estimate of drug-likeness (QED) is 0.767. The Balaban J connectivity index is 1.69. The van der Waals surface area contributed by atoms with Gasteiger partial charge in [-0.25, -0.2) is 4.98 Å². The Hall–Kier alpha value is -2.61. The smallest absolute Gasteiger partial charge is 0.323 e. The van der Waals surface area contributed by atoms with Crippen molar-refractivity contribution in [2.45, 2.75) is 37.3 Å². The van der Waals surface area contributed by atoms with E-state index in [1.54, 1.807) is 14.2 Å². The van der Waals surface area contributed by atoms with Gasteiger partial charge in [-0.15, -0.1) is 0 Å². The predicted molar refractivity (Wildman–Crippen MR) is 97.5 cm³/mol. The van der Waals surface area contributed by atoms with Gasteiger partial charge in [0, 0.05) is 24.9 Å². The number of carbonyl (C=O) groups is 1. The molecule has 1 aliphatic heterocycles. The van der Waals surface area contributed by atoms with Crippen LogP contribution in [-0.2, 0) is 9.53 Å². The van der Waals surface area contributed by atoms with E-state index in [2.05, 4.69) is 10.3 Å². The highest BCUT2D eigenvalue weighted by Gasteiger charge is 2.33. The van der Waals surface area contributed by atoms with Crippen molar-refractivity contribution in [3.63, 3.8) is 0 Å². The molecule has 8 heteroatoms. The number of carbonyl (C=O) groups excluding carboxylic acids is 1. The van der Waals surface area contributed by atoms with Crippen LogP contribution in [0.2, 0.25) is 0 Å². The van der Waals surface area contributed by atoms with Crippen LogP contribution in [0.15, 0.2) is 12.1 Å². The molecule has 1 saturated carbocycles. The highest BCUT2D eigenvalue weighted by molar-refractivity contribution is 5.87. The molecule has 2 fully saturated rings. The molecule has 4 rings (SSSR count). The molecule has 1 saturated heterocycles. The Morgan fingerprint density at radius 2 is 1.85 bits per heavy atom. The van der Waals surface area contributed by atoms with E-state index in [0.29, 0.717) is 36.3 Å². The second-order valence-corrected chi connectivity index (χ2v) is 6.85. The molecular weight excluding hydrogens is 350 g/mol. The van der Waals surface area contributed by atoms with Crippen molar-refractivity contribution in [3.8, 4) is 17.4 Å². The zero-order valence-corrected chi connectivity index (χ0v) is 15.7. The third-order valence-electron chi connectivity index (χ3n) is 4.98. The number of nitrogens with one attached hydrogen (secondary N) is 1. The summed E-state index contributed by atoms with van der Waals surface area (Å²) >= 11 is 0. The number of rotatable bonds is 6. The lowest BCUT2D eigenvalue weighted by Crippen LogP contribution is -2.31. The Kier molecular flexibility index (Phi) is 4.73. The van der Waals surface area contributed by atoms with Gasteiger partial charge in [-0.05, 0) is 18.9 Å². The lowest BCUT2D eigenvalue weighted by Gasteiger charge is -2.16. The molecule has 8 nitrogen and oxygen atoms in total. The summed E-state index contributed by atoms with van der Waals surface area (Å²) in [5.74, 6) is 2.62. The SMILES string of the molecule is COC(=O)[C@@H]1CC(Oc2nc(C3CC3)nc3cc(OC)c(OC)cc23)CN1. The molecule has 27 heavy (non-hydrogen) atoms. The summed E-state index contributed by atoms with van der Waals surface area (Å²) in [4.78, 5) is 21.1. The minimum Gasteiger partial charge on any atom is -0.493 e. The normalized spacial score (nSPS) is 21.9. The average molecular weight is 373 g/mol. The van der Waals surface area contributed by atoms with Crippen LogP contribution in [0.25, 0.3) is 10.9 Å². The number of fused-ring (bicyclic) bond motifs is 1. The second-order valence-electron chi connectivity index (χ2n) is 6.85.